The summed E-state index contributed by atoms with van der Waals surface area (Å²) < 4.78 is 24.0. The molecule has 0 aromatic heterocycles. The maximum Gasteiger partial charge on any atom is 0.563 e. The van der Waals surface area contributed by atoms with Crippen molar-refractivity contribution in [3.8, 4) is 5.75 Å². The fourth-order valence-corrected chi connectivity index (χ4v) is 1.61. The Morgan fingerprint density at radius 3 is 2.50 bits per heavy atom. The lowest BCUT2D eigenvalue weighted by molar-refractivity contribution is 0.219. The number of phosphoric acid groups is 1. The van der Waals surface area contributed by atoms with Gasteiger partial charge in [0.25, 0.3) is 0 Å². The molecule has 2 N–H and O–H groups in total. The number of rotatable bonds is 4. The lowest BCUT2D eigenvalue weighted by Gasteiger charge is -2.12. The molecule has 1 aromatic carbocycles. The molecule has 0 aliphatic heterocycles. The van der Waals surface area contributed by atoms with Gasteiger partial charge in [0.1, 0.15) is 5.75 Å². The third kappa shape index (κ3) is 2.85. The SMILES string of the molecule is NOP(=O)(OCl)Oc1ccccc1Cl. The van der Waals surface area contributed by atoms with Crippen LogP contribution >= 0.6 is 31.3 Å². The van der Waals surface area contributed by atoms with Crippen LogP contribution in [0.15, 0.2) is 24.3 Å². The summed E-state index contributed by atoms with van der Waals surface area (Å²) >= 11 is 10.6. The van der Waals surface area contributed by atoms with Crippen molar-refractivity contribution in [3.63, 3.8) is 0 Å². The minimum atomic E-state index is -3.97. The number of benzene rings is 1. The summed E-state index contributed by atoms with van der Waals surface area (Å²) in [6, 6.07) is 6.29. The molecule has 0 saturated heterocycles. The zero-order valence-corrected chi connectivity index (χ0v) is 9.13. The van der Waals surface area contributed by atoms with Crippen LogP contribution in [0, 0.1) is 0 Å². The van der Waals surface area contributed by atoms with Crippen molar-refractivity contribution in [2.75, 3.05) is 0 Å². The van der Waals surface area contributed by atoms with Crippen LogP contribution in [0.3, 0.4) is 0 Å². The molecular formula is C6H6Cl2NO4P. The van der Waals surface area contributed by atoms with Gasteiger partial charge in [-0.05, 0) is 12.1 Å². The third-order valence-corrected chi connectivity index (χ3v) is 2.93. The van der Waals surface area contributed by atoms with Gasteiger partial charge in [-0.2, -0.15) is 8.70 Å². The molecule has 5 nitrogen and oxygen atoms in total. The molecule has 1 atom stereocenters. The zero-order chi connectivity index (χ0) is 10.6. The van der Waals surface area contributed by atoms with E-state index in [1.165, 1.54) is 12.1 Å². The van der Waals surface area contributed by atoms with Crippen molar-refractivity contribution >= 4 is 31.3 Å². The van der Waals surface area contributed by atoms with E-state index in [9.17, 15) is 4.57 Å². The smallest absolute Gasteiger partial charge is 0.401 e. The number of hydrogen-bond donors (Lipinski definition) is 1. The molecule has 0 fully saturated rings. The average molecular weight is 258 g/mol. The van der Waals surface area contributed by atoms with E-state index < -0.39 is 7.82 Å². The average Bonchev–Trinajstić information content (AvgIpc) is 2.21. The van der Waals surface area contributed by atoms with Crippen LogP contribution in [0.25, 0.3) is 0 Å². The minimum Gasteiger partial charge on any atom is -0.401 e. The number of nitrogens with two attached hydrogens (primary N) is 1. The molecule has 14 heavy (non-hydrogen) atoms. The summed E-state index contributed by atoms with van der Waals surface area (Å²) in [5, 5.41) is 0.235. The molecule has 1 aromatic rings. The molecule has 0 spiro atoms. The first-order valence-electron chi connectivity index (χ1n) is 3.34. The van der Waals surface area contributed by atoms with Gasteiger partial charge in [-0.15, -0.1) is 0 Å². The Kier molecular flexibility index (Phi) is 4.19. The molecule has 0 bridgehead atoms. The number of hydrogen-bond acceptors (Lipinski definition) is 5. The second-order valence-corrected chi connectivity index (χ2v) is 4.39. The maximum absolute atomic E-state index is 11.3. The Bertz CT molecular complexity index is 353. The van der Waals surface area contributed by atoms with Crippen LogP contribution in [-0.4, -0.2) is 0 Å². The van der Waals surface area contributed by atoms with Crippen molar-refractivity contribution in [2.24, 2.45) is 5.90 Å². The van der Waals surface area contributed by atoms with Crippen LogP contribution < -0.4 is 10.4 Å². The second-order valence-electron chi connectivity index (χ2n) is 2.14. The third-order valence-electron chi connectivity index (χ3n) is 1.26. The zero-order valence-electron chi connectivity index (χ0n) is 6.72. The van der Waals surface area contributed by atoms with Gasteiger partial charge >= 0.3 is 7.82 Å². The fourth-order valence-electron chi connectivity index (χ4n) is 0.691. The highest BCUT2D eigenvalue weighted by atomic mass is 35.5. The van der Waals surface area contributed by atoms with Gasteiger partial charge in [-0.1, -0.05) is 23.7 Å². The topological polar surface area (TPSA) is 70.8 Å². The molecular weight excluding hydrogens is 252 g/mol. The van der Waals surface area contributed by atoms with Crippen molar-refractivity contribution in [1.82, 2.24) is 0 Å². The van der Waals surface area contributed by atoms with Gasteiger partial charge in [-0.25, -0.2) is 10.5 Å². The van der Waals surface area contributed by atoms with Gasteiger partial charge in [0.15, 0.2) is 0 Å². The van der Waals surface area contributed by atoms with E-state index in [2.05, 4.69) is 14.6 Å². The highest BCUT2D eigenvalue weighted by Gasteiger charge is 2.28. The first kappa shape index (κ1) is 11.8. The first-order chi connectivity index (χ1) is 6.61. The van der Waals surface area contributed by atoms with Crippen LogP contribution in [0.5, 0.6) is 5.75 Å². The summed E-state index contributed by atoms with van der Waals surface area (Å²) in [7, 11) is -3.97. The second kappa shape index (κ2) is 4.98. The summed E-state index contributed by atoms with van der Waals surface area (Å²) in [4.78, 5) is 0. The Balaban J connectivity index is 2.88. The first-order valence-corrected chi connectivity index (χ1v) is 5.49. The van der Waals surface area contributed by atoms with Crippen LogP contribution in [0.2, 0.25) is 5.02 Å². The predicted octanol–water partition coefficient (Wildman–Crippen LogP) is 2.89. The Labute approximate surface area is 90.4 Å². The summed E-state index contributed by atoms with van der Waals surface area (Å²) in [6.07, 6.45) is 0. The molecule has 8 heteroatoms. The van der Waals surface area contributed by atoms with Gasteiger partial charge < -0.3 is 4.52 Å². The van der Waals surface area contributed by atoms with Crippen LogP contribution in [0.1, 0.15) is 0 Å². The number of para-hydroxylation sites is 1. The molecule has 0 aliphatic rings. The quantitative estimate of drug-likeness (QED) is 0.664. The Morgan fingerprint density at radius 2 is 2.00 bits per heavy atom. The van der Waals surface area contributed by atoms with E-state index in [0.29, 0.717) is 0 Å². The monoisotopic (exact) mass is 257 g/mol. The fraction of sp³-hybridized carbons (Fsp3) is 0. The predicted molar refractivity (Wildman–Crippen MR) is 51.9 cm³/mol. The van der Waals surface area contributed by atoms with Gasteiger partial charge in [-0.3, -0.25) is 0 Å². The molecule has 78 valence electrons. The molecule has 1 unspecified atom stereocenters. The minimum absolute atomic E-state index is 0.101. The largest absolute Gasteiger partial charge is 0.563 e. The van der Waals surface area contributed by atoms with Crippen molar-refractivity contribution in [3.05, 3.63) is 29.3 Å². The number of halogens is 2. The highest BCUT2D eigenvalue weighted by Crippen LogP contribution is 2.50. The van der Waals surface area contributed by atoms with Gasteiger partial charge in [0, 0.05) is 0 Å². The van der Waals surface area contributed by atoms with Gasteiger partial charge in [0.2, 0.25) is 0 Å². The lowest BCUT2D eigenvalue weighted by Crippen LogP contribution is -2.03. The van der Waals surface area contributed by atoms with E-state index in [1.54, 1.807) is 12.1 Å². The lowest BCUT2D eigenvalue weighted by atomic mass is 10.3. The van der Waals surface area contributed by atoms with Gasteiger partial charge in [0.05, 0.1) is 16.9 Å². The van der Waals surface area contributed by atoms with E-state index in [-0.39, 0.29) is 10.8 Å². The van der Waals surface area contributed by atoms with Crippen molar-refractivity contribution in [1.29, 1.82) is 0 Å². The standard InChI is InChI=1S/C6H6Cl2NO4P/c7-5-3-1-2-4-6(5)11-14(10,12-8)13-9/h1-4H,9H2. The van der Waals surface area contributed by atoms with Crippen molar-refractivity contribution in [2.45, 2.75) is 0 Å². The van der Waals surface area contributed by atoms with Crippen molar-refractivity contribution < 1.29 is 17.8 Å². The molecule has 0 heterocycles. The Morgan fingerprint density at radius 1 is 1.36 bits per heavy atom. The maximum atomic E-state index is 11.3. The molecule has 0 saturated carbocycles. The molecule has 0 aliphatic carbocycles. The van der Waals surface area contributed by atoms with E-state index in [1.807, 2.05) is 0 Å². The Hall–Kier alpha value is -0.290. The summed E-state index contributed by atoms with van der Waals surface area (Å²) in [5.41, 5.74) is 0. The van der Waals surface area contributed by atoms with Crippen LogP contribution in [0.4, 0.5) is 0 Å². The normalized spacial score (nSPS) is 14.8. The van der Waals surface area contributed by atoms with E-state index in [4.69, 9.17) is 28.0 Å². The molecule has 0 radical (unpaired) electrons. The van der Waals surface area contributed by atoms with E-state index in [0.717, 1.165) is 0 Å². The summed E-state index contributed by atoms with van der Waals surface area (Å²) in [6.45, 7) is 0. The van der Waals surface area contributed by atoms with Crippen LogP contribution in [-0.2, 0) is 13.3 Å². The summed E-state index contributed by atoms with van der Waals surface area (Å²) in [5.74, 6) is 4.78. The molecule has 1 rings (SSSR count). The highest BCUT2D eigenvalue weighted by molar-refractivity contribution is 7.49. The van der Waals surface area contributed by atoms with E-state index >= 15 is 0 Å². The molecule has 0 amide bonds.